The number of ketones is 1. The molecule has 2 heteroatoms. The topological polar surface area (TPSA) is 17.1 Å². The zero-order chi connectivity index (χ0) is 14.2. The lowest BCUT2D eigenvalue weighted by atomic mass is 9.62. The number of fused-ring (bicyclic) bond motifs is 1. The molecule has 2 aliphatic carbocycles. The molecule has 0 aromatic heterocycles. The lowest BCUT2D eigenvalue weighted by Crippen LogP contribution is -2.39. The zero-order valence-electron chi connectivity index (χ0n) is 13.3. The van der Waals surface area contributed by atoms with Gasteiger partial charge in [-0.05, 0) is 43.1 Å². The van der Waals surface area contributed by atoms with E-state index in [1.165, 1.54) is 12.5 Å². The van der Waals surface area contributed by atoms with E-state index in [4.69, 9.17) is 0 Å². The summed E-state index contributed by atoms with van der Waals surface area (Å²) in [6, 6.07) is 1.29. The molecule has 0 radical (unpaired) electrons. The molecule has 108 valence electrons. The van der Waals surface area contributed by atoms with Gasteiger partial charge in [-0.2, -0.15) is 0 Å². The van der Waals surface area contributed by atoms with Gasteiger partial charge in [0.2, 0.25) is 0 Å². The Balaban J connectivity index is 2.13. The molecule has 0 aliphatic heterocycles. The molecule has 1 nitrogen and oxygen atoms in total. The van der Waals surface area contributed by atoms with Crippen LogP contribution in [0.4, 0.5) is 0 Å². The molecule has 0 saturated heterocycles. The zero-order valence-corrected chi connectivity index (χ0v) is 14.3. The Bertz CT molecular complexity index is 375. The van der Waals surface area contributed by atoms with E-state index in [1.807, 2.05) is 0 Å². The standard InChI is InChI=1S/C17H30OSi/c1-12(2)14-8-9-17(18)16-10-13(6-7-15(14)16)11-19(3,4)5/h6,12,14-16H,7-11H2,1-5H3. The highest BCUT2D eigenvalue weighted by Crippen LogP contribution is 2.45. The molecule has 3 unspecified atom stereocenters. The smallest absolute Gasteiger partial charge is 0.136 e. The molecule has 0 bridgehead atoms. The molecule has 0 amide bonds. The molecule has 2 aliphatic rings. The summed E-state index contributed by atoms with van der Waals surface area (Å²) in [7, 11) is -1.04. The van der Waals surface area contributed by atoms with E-state index in [2.05, 4.69) is 39.6 Å². The third-order valence-electron chi connectivity index (χ3n) is 4.98. The molecule has 0 heterocycles. The molecule has 19 heavy (non-hydrogen) atoms. The van der Waals surface area contributed by atoms with E-state index in [0.29, 0.717) is 17.6 Å². The van der Waals surface area contributed by atoms with Gasteiger partial charge in [0.25, 0.3) is 0 Å². The van der Waals surface area contributed by atoms with Gasteiger partial charge in [-0.1, -0.05) is 45.1 Å². The van der Waals surface area contributed by atoms with Gasteiger partial charge in [0, 0.05) is 20.4 Å². The second kappa shape index (κ2) is 5.55. The van der Waals surface area contributed by atoms with Gasteiger partial charge in [0.05, 0.1) is 0 Å². The van der Waals surface area contributed by atoms with Crippen LogP contribution in [-0.2, 0) is 4.79 Å². The summed E-state index contributed by atoms with van der Waals surface area (Å²) in [5.41, 5.74) is 1.60. The molecular formula is C17H30OSi. The molecule has 0 N–H and O–H groups in total. The largest absolute Gasteiger partial charge is 0.299 e. The van der Waals surface area contributed by atoms with Crippen LogP contribution in [-0.4, -0.2) is 13.9 Å². The summed E-state index contributed by atoms with van der Waals surface area (Å²) in [6.07, 6.45) is 6.71. The predicted octanol–water partition coefficient (Wildman–Crippen LogP) is 4.91. The third-order valence-corrected chi connectivity index (χ3v) is 6.49. The van der Waals surface area contributed by atoms with Crippen LogP contribution >= 0.6 is 0 Å². The van der Waals surface area contributed by atoms with Crippen LogP contribution < -0.4 is 0 Å². The summed E-state index contributed by atoms with van der Waals surface area (Å²) >= 11 is 0. The first-order valence-electron chi connectivity index (χ1n) is 7.98. The minimum atomic E-state index is -1.04. The van der Waals surface area contributed by atoms with Crippen LogP contribution in [0.5, 0.6) is 0 Å². The van der Waals surface area contributed by atoms with Crippen molar-refractivity contribution >= 4 is 13.9 Å². The number of allylic oxidation sites excluding steroid dienone is 2. The van der Waals surface area contributed by atoms with E-state index in [9.17, 15) is 4.79 Å². The molecule has 3 atom stereocenters. The number of carbonyl (C=O) groups is 1. The summed E-state index contributed by atoms with van der Waals surface area (Å²) in [4.78, 5) is 12.3. The fourth-order valence-corrected chi connectivity index (χ4v) is 5.82. The number of hydrogen-bond donors (Lipinski definition) is 0. The van der Waals surface area contributed by atoms with Crippen molar-refractivity contribution in [2.24, 2.45) is 23.7 Å². The van der Waals surface area contributed by atoms with Crippen molar-refractivity contribution in [2.45, 2.75) is 65.2 Å². The summed E-state index contributed by atoms with van der Waals surface area (Å²) < 4.78 is 0. The monoisotopic (exact) mass is 278 g/mol. The van der Waals surface area contributed by atoms with Crippen molar-refractivity contribution in [1.29, 1.82) is 0 Å². The van der Waals surface area contributed by atoms with Crippen molar-refractivity contribution in [3.8, 4) is 0 Å². The van der Waals surface area contributed by atoms with E-state index >= 15 is 0 Å². The molecule has 0 aromatic carbocycles. The van der Waals surface area contributed by atoms with Crippen molar-refractivity contribution < 1.29 is 4.79 Å². The van der Waals surface area contributed by atoms with Crippen molar-refractivity contribution in [3.63, 3.8) is 0 Å². The molecule has 0 aromatic rings. The van der Waals surface area contributed by atoms with Gasteiger partial charge in [-0.3, -0.25) is 4.79 Å². The Labute approximate surface area is 119 Å². The van der Waals surface area contributed by atoms with Gasteiger partial charge in [0.1, 0.15) is 5.78 Å². The number of rotatable bonds is 3. The highest BCUT2D eigenvalue weighted by molar-refractivity contribution is 6.76. The SMILES string of the molecule is CC(C)C1CCC(=O)C2CC(C[Si](C)(C)C)=CCC21. The average molecular weight is 279 g/mol. The fraction of sp³-hybridized carbons (Fsp3) is 0.824. The van der Waals surface area contributed by atoms with Crippen LogP contribution in [0.2, 0.25) is 25.7 Å². The Morgan fingerprint density at radius 3 is 2.58 bits per heavy atom. The molecular weight excluding hydrogens is 248 g/mol. The highest BCUT2D eigenvalue weighted by atomic mass is 28.3. The van der Waals surface area contributed by atoms with Crippen molar-refractivity contribution in [3.05, 3.63) is 11.6 Å². The Hall–Kier alpha value is -0.373. The number of carbonyl (C=O) groups excluding carboxylic acids is 1. The Kier molecular flexibility index (Phi) is 4.39. The van der Waals surface area contributed by atoms with Crippen LogP contribution in [0.3, 0.4) is 0 Å². The molecule has 1 fully saturated rings. The number of hydrogen-bond acceptors (Lipinski definition) is 1. The summed E-state index contributed by atoms with van der Waals surface area (Å²) in [5.74, 6) is 3.06. The third kappa shape index (κ3) is 3.59. The highest BCUT2D eigenvalue weighted by Gasteiger charge is 2.41. The summed E-state index contributed by atoms with van der Waals surface area (Å²) in [6.45, 7) is 12.0. The molecule has 1 saturated carbocycles. The quantitative estimate of drug-likeness (QED) is 0.529. The Morgan fingerprint density at radius 1 is 1.32 bits per heavy atom. The van der Waals surface area contributed by atoms with Gasteiger partial charge < -0.3 is 0 Å². The van der Waals surface area contributed by atoms with E-state index in [-0.39, 0.29) is 0 Å². The normalized spacial score (nSPS) is 32.2. The average Bonchev–Trinajstić information content (AvgIpc) is 2.27. The molecule has 2 rings (SSSR count). The number of Topliss-reactive ketones (excluding diaryl/α,β-unsaturated/α-hetero) is 1. The first-order valence-corrected chi connectivity index (χ1v) is 11.7. The molecule has 0 spiro atoms. The van der Waals surface area contributed by atoms with E-state index in [0.717, 1.165) is 31.1 Å². The maximum Gasteiger partial charge on any atom is 0.136 e. The minimum absolute atomic E-state index is 0.359. The minimum Gasteiger partial charge on any atom is -0.299 e. The van der Waals surface area contributed by atoms with Crippen LogP contribution in [0, 0.1) is 23.7 Å². The van der Waals surface area contributed by atoms with Gasteiger partial charge in [0.15, 0.2) is 0 Å². The second-order valence-electron chi connectivity index (χ2n) is 8.22. The predicted molar refractivity (Wildman–Crippen MR) is 85.0 cm³/mol. The van der Waals surface area contributed by atoms with Crippen LogP contribution in [0.1, 0.15) is 39.5 Å². The van der Waals surface area contributed by atoms with Crippen molar-refractivity contribution in [1.82, 2.24) is 0 Å². The van der Waals surface area contributed by atoms with Crippen molar-refractivity contribution in [2.75, 3.05) is 0 Å². The first kappa shape index (κ1) is 15.0. The maximum atomic E-state index is 12.3. The van der Waals surface area contributed by atoms with Crippen LogP contribution in [0.25, 0.3) is 0 Å². The van der Waals surface area contributed by atoms with Crippen LogP contribution in [0.15, 0.2) is 11.6 Å². The van der Waals surface area contributed by atoms with Gasteiger partial charge in [-0.25, -0.2) is 0 Å². The summed E-state index contributed by atoms with van der Waals surface area (Å²) in [5, 5.41) is 0. The van der Waals surface area contributed by atoms with E-state index in [1.54, 1.807) is 5.57 Å². The lowest BCUT2D eigenvalue weighted by Gasteiger charge is -2.42. The van der Waals surface area contributed by atoms with Gasteiger partial charge >= 0.3 is 0 Å². The van der Waals surface area contributed by atoms with E-state index < -0.39 is 8.07 Å². The fourth-order valence-electron chi connectivity index (χ4n) is 4.17. The second-order valence-corrected chi connectivity index (χ2v) is 13.7. The van der Waals surface area contributed by atoms with Gasteiger partial charge in [-0.15, -0.1) is 0 Å². The Morgan fingerprint density at radius 2 is 2.00 bits per heavy atom. The maximum absolute atomic E-state index is 12.3. The first-order chi connectivity index (χ1) is 8.78. The lowest BCUT2D eigenvalue weighted by molar-refractivity contribution is -0.129.